The number of nitrogens with two attached hydrogens (primary N) is 1. The monoisotopic (exact) mass is 256 g/mol. The van der Waals surface area contributed by atoms with E-state index in [-0.39, 0.29) is 12.6 Å². The minimum absolute atomic E-state index is 0.142. The van der Waals surface area contributed by atoms with Crippen molar-refractivity contribution in [3.63, 3.8) is 0 Å². The molecule has 0 aromatic rings. The average Bonchev–Trinajstić information content (AvgIpc) is 2.53. The molecule has 3 unspecified atom stereocenters. The first-order valence-corrected chi connectivity index (χ1v) is 6.77. The number of amides is 1. The van der Waals surface area contributed by atoms with Gasteiger partial charge in [-0.1, -0.05) is 19.8 Å². The number of nitrogens with one attached hydrogen (secondary N) is 1. The minimum atomic E-state index is -1.20. The summed E-state index contributed by atoms with van der Waals surface area (Å²) in [5, 5.41) is 2.85. The van der Waals surface area contributed by atoms with Crippen molar-refractivity contribution in [1.82, 2.24) is 5.32 Å². The van der Waals surface area contributed by atoms with Crippen LogP contribution in [0, 0.1) is 5.92 Å². The molecule has 3 N–H and O–H groups in total. The largest absolute Gasteiger partial charge is 0.464 e. The van der Waals surface area contributed by atoms with E-state index in [2.05, 4.69) is 12.2 Å². The van der Waals surface area contributed by atoms with Crippen LogP contribution in [0.1, 0.15) is 46.0 Å². The number of carbonyl (C=O) groups is 2. The highest BCUT2D eigenvalue weighted by molar-refractivity contribution is 6.01. The molecule has 0 radical (unpaired) electrons. The third kappa shape index (κ3) is 4.64. The highest BCUT2D eigenvalue weighted by Gasteiger charge is 2.26. The van der Waals surface area contributed by atoms with Gasteiger partial charge in [0.1, 0.15) is 0 Å². The lowest BCUT2D eigenvalue weighted by Gasteiger charge is -2.18. The van der Waals surface area contributed by atoms with E-state index in [1.165, 1.54) is 6.42 Å². The molecule has 0 aromatic carbocycles. The topological polar surface area (TPSA) is 81.4 Å². The third-order valence-electron chi connectivity index (χ3n) is 3.43. The molecule has 1 aliphatic carbocycles. The maximum atomic E-state index is 11.8. The smallest absolute Gasteiger partial charge is 0.332 e. The van der Waals surface area contributed by atoms with Crippen LogP contribution in [0.25, 0.3) is 0 Å². The molecule has 1 rings (SSSR count). The summed E-state index contributed by atoms with van der Waals surface area (Å²) in [5.41, 5.74) is 5.54. The van der Waals surface area contributed by atoms with Gasteiger partial charge in [-0.05, 0) is 32.1 Å². The second-order valence-corrected chi connectivity index (χ2v) is 5.05. The summed E-state index contributed by atoms with van der Waals surface area (Å²) >= 11 is 0. The summed E-state index contributed by atoms with van der Waals surface area (Å²) in [6.45, 7) is 4.16. The van der Waals surface area contributed by atoms with Crippen LogP contribution in [0.15, 0.2) is 0 Å². The van der Waals surface area contributed by atoms with Crippen LogP contribution in [0.3, 0.4) is 0 Å². The van der Waals surface area contributed by atoms with E-state index in [0.717, 1.165) is 25.7 Å². The van der Waals surface area contributed by atoms with E-state index < -0.39 is 17.9 Å². The molecule has 1 saturated carbocycles. The van der Waals surface area contributed by atoms with Gasteiger partial charge in [0.15, 0.2) is 6.04 Å². The van der Waals surface area contributed by atoms with Gasteiger partial charge in [0.05, 0.1) is 6.61 Å². The van der Waals surface area contributed by atoms with E-state index in [4.69, 9.17) is 10.5 Å². The first kappa shape index (κ1) is 15.0. The number of hydrogen-bond donors (Lipinski definition) is 2. The van der Waals surface area contributed by atoms with Crippen LogP contribution in [-0.2, 0) is 14.3 Å². The van der Waals surface area contributed by atoms with E-state index >= 15 is 0 Å². The van der Waals surface area contributed by atoms with E-state index in [1.54, 1.807) is 6.92 Å². The highest BCUT2D eigenvalue weighted by atomic mass is 16.5. The van der Waals surface area contributed by atoms with Gasteiger partial charge in [0.2, 0.25) is 5.91 Å². The minimum Gasteiger partial charge on any atom is -0.464 e. The van der Waals surface area contributed by atoms with Crippen molar-refractivity contribution in [3.05, 3.63) is 0 Å². The first-order chi connectivity index (χ1) is 8.54. The van der Waals surface area contributed by atoms with Gasteiger partial charge in [-0.2, -0.15) is 0 Å². The SMILES string of the molecule is CCOC(=O)C(N)C(=O)NC1CCCC(C)CC1. The number of rotatable bonds is 4. The Morgan fingerprint density at radius 1 is 1.33 bits per heavy atom. The second-order valence-electron chi connectivity index (χ2n) is 5.05. The summed E-state index contributed by atoms with van der Waals surface area (Å²) in [6.07, 6.45) is 5.35. The predicted molar refractivity (Wildman–Crippen MR) is 68.8 cm³/mol. The highest BCUT2D eigenvalue weighted by Crippen LogP contribution is 2.22. The normalized spacial score (nSPS) is 25.9. The Morgan fingerprint density at radius 2 is 2.06 bits per heavy atom. The Labute approximate surface area is 108 Å². The van der Waals surface area contributed by atoms with E-state index in [9.17, 15) is 9.59 Å². The molecule has 0 spiro atoms. The lowest BCUT2D eigenvalue weighted by molar-refractivity contribution is -0.148. The summed E-state index contributed by atoms with van der Waals surface area (Å²) < 4.78 is 4.73. The van der Waals surface area contributed by atoms with Crippen molar-refractivity contribution in [3.8, 4) is 0 Å². The molecule has 104 valence electrons. The summed E-state index contributed by atoms with van der Waals surface area (Å²) in [6, 6.07) is -1.06. The van der Waals surface area contributed by atoms with Gasteiger partial charge >= 0.3 is 5.97 Å². The Bertz CT molecular complexity index is 294. The number of carbonyl (C=O) groups excluding carboxylic acids is 2. The zero-order valence-corrected chi connectivity index (χ0v) is 11.3. The maximum absolute atomic E-state index is 11.8. The van der Waals surface area contributed by atoms with Crippen molar-refractivity contribution in [1.29, 1.82) is 0 Å². The molecule has 0 bridgehead atoms. The zero-order valence-electron chi connectivity index (χ0n) is 11.3. The number of hydrogen-bond acceptors (Lipinski definition) is 4. The lowest BCUT2D eigenvalue weighted by atomic mass is 10.0. The molecule has 1 aliphatic rings. The molecule has 5 heteroatoms. The Morgan fingerprint density at radius 3 is 2.72 bits per heavy atom. The van der Waals surface area contributed by atoms with Crippen molar-refractivity contribution in [2.24, 2.45) is 11.7 Å². The van der Waals surface area contributed by atoms with Gasteiger partial charge in [-0.3, -0.25) is 4.79 Å². The molecule has 0 saturated heterocycles. The molecule has 1 amide bonds. The fraction of sp³-hybridized carbons (Fsp3) is 0.846. The van der Waals surface area contributed by atoms with Crippen LogP contribution in [0.2, 0.25) is 0 Å². The Kier molecular flexibility index (Phi) is 6.12. The molecular weight excluding hydrogens is 232 g/mol. The van der Waals surface area contributed by atoms with Crippen LogP contribution in [-0.4, -0.2) is 30.6 Å². The van der Waals surface area contributed by atoms with Gasteiger partial charge in [-0.25, -0.2) is 4.79 Å². The lowest BCUT2D eigenvalue weighted by Crippen LogP contribution is -2.49. The van der Waals surface area contributed by atoms with Crippen LogP contribution < -0.4 is 11.1 Å². The predicted octanol–water partition coefficient (Wildman–Crippen LogP) is 0.962. The molecular formula is C13H24N2O3. The fourth-order valence-electron chi connectivity index (χ4n) is 2.26. The maximum Gasteiger partial charge on any atom is 0.332 e. The quantitative estimate of drug-likeness (QED) is 0.446. The van der Waals surface area contributed by atoms with Crippen LogP contribution >= 0.6 is 0 Å². The van der Waals surface area contributed by atoms with Gasteiger partial charge in [0.25, 0.3) is 0 Å². The zero-order chi connectivity index (χ0) is 13.5. The molecule has 1 fully saturated rings. The van der Waals surface area contributed by atoms with E-state index in [1.807, 2.05) is 0 Å². The fourth-order valence-corrected chi connectivity index (χ4v) is 2.26. The van der Waals surface area contributed by atoms with Crippen molar-refractivity contribution >= 4 is 11.9 Å². The second kappa shape index (κ2) is 7.36. The molecule has 0 heterocycles. The summed E-state index contributed by atoms with van der Waals surface area (Å²) in [4.78, 5) is 23.1. The van der Waals surface area contributed by atoms with Gasteiger partial charge in [0, 0.05) is 6.04 Å². The summed E-state index contributed by atoms with van der Waals surface area (Å²) in [7, 11) is 0. The molecule has 0 aromatic heterocycles. The van der Waals surface area contributed by atoms with Gasteiger partial charge in [-0.15, -0.1) is 0 Å². The molecule has 0 aliphatic heterocycles. The molecule has 18 heavy (non-hydrogen) atoms. The number of esters is 1. The Hall–Kier alpha value is -1.10. The first-order valence-electron chi connectivity index (χ1n) is 6.77. The summed E-state index contributed by atoms with van der Waals surface area (Å²) in [5.74, 6) is -0.365. The molecule has 3 atom stereocenters. The third-order valence-corrected chi connectivity index (χ3v) is 3.43. The van der Waals surface area contributed by atoms with Gasteiger partial charge < -0.3 is 15.8 Å². The van der Waals surface area contributed by atoms with Crippen LogP contribution in [0.5, 0.6) is 0 Å². The standard InChI is InChI=1S/C13H24N2O3/c1-3-18-13(17)11(14)12(16)15-10-6-4-5-9(2)7-8-10/h9-11H,3-8,14H2,1-2H3,(H,15,16). The van der Waals surface area contributed by atoms with E-state index in [0.29, 0.717) is 5.92 Å². The van der Waals surface area contributed by atoms with Crippen LogP contribution in [0.4, 0.5) is 0 Å². The van der Waals surface area contributed by atoms with Crippen molar-refractivity contribution in [2.45, 2.75) is 58.0 Å². The van der Waals surface area contributed by atoms with Crippen molar-refractivity contribution < 1.29 is 14.3 Å². The molecule has 5 nitrogen and oxygen atoms in total. The van der Waals surface area contributed by atoms with Crippen molar-refractivity contribution in [2.75, 3.05) is 6.61 Å². The number of ether oxygens (including phenoxy) is 1. The Balaban J connectivity index is 2.41. The average molecular weight is 256 g/mol.